The number of nitrogens with zero attached hydrogens (tertiary/aromatic N) is 2. The molecule has 1 aromatic rings. The summed E-state index contributed by atoms with van der Waals surface area (Å²) in [5.41, 5.74) is 5.95. The van der Waals surface area contributed by atoms with Crippen LogP contribution in [-0.2, 0) is 4.74 Å². The quantitative estimate of drug-likeness (QED) is 0.898. The van der Waals surface area contributed by atoms with Crippen LogP contribution in [0.2, 0.25) is 0 Å². The van der Waals surface area contributed by atoms with Crippen molar-refractivity contribution in [3.63, 3.8) is 0 Å². The number of hydrogen-bond acceptors (Lipinski definition) is 5. The Kier molecular flexibility index (Phi) is 3.94. The van der Waals surface area contributed by atoms with E-state index in [1.165, 1.54) is 11.3 Å². The molecule has 6 heteroatoms. The number of ether oxygens (including phenoxy) is 1. The SMILES string of the molecule is CC1CN(C(=O)c2csc(C(C)N)n2)CC(C)(C)O1. The first-order valence-electron chi connectivity index (χ1n) is 6.46. The Morgan fingerprint density at radius 2 is 2.37 bits per heavy atom. The largest absolute Gasteiger partial charge is 0.369 e. The van der Waals surface area contributed by atoms with E-state index in [0.717, 1.165) is 5.01 Å². The molecule has 2 unspecified atom stereocenters. The first kappa shape index (κ1) is 14.4. The number of amides is 1. The number of carbonyl (C=O) groups is 1. The van der Waals surface area contributed by atoms with Gasteiger partial charge in [0, 0.05) is 18.5 Å². The fourth-order valence-corrected chi connectivity index (χ4v) is 3.12. The highest BCUT2D eigenvalue weighted by Gasteiger charge is 2.34. The Morgan fingerprint density at radius 3 is 2.89 bits per heavy atom. The number of hydrogen-bond donors (Lipinski definition) is 1. The van der Waals surface area contributed by atoms with Gasteiger partial charge in [-0.1, -0.05) is 0 Å². The molecule has 0 bridgehead atoms. The van der Waals surface area contributed by atoms with E-state index in [9.17, 15) is 4.79 Å². The predicted octanol–water partition coefficient (Wildman–Crippen LogP) is 1.80. The first-order valence-corrected chi connectivity index (χ1v) is 7.34. The number of carbonyl (C=O) groups excluding carboxylic acids is 1. The van der Waals surface area contributed by atoms with E-state index in [1.54, 1.807) is 5.38 Å². The Morgan fingerprint density at radius 1 is 1.68 bits per heavy atom. The van der Waals surface area contributed by atoms with Gasteiger partial charge in [0.05, 0.1) is 17.7 Å². The summed E-state index contributed by atoms with van der Waals surface area (Å²) in [5.74, 6) is -0.0358. The molecule has 5 nitrogen and oxygen atoms in total. The molecule has 1 aromatic heterocycles. The zero-order valence-corrected chi connectivity index (χ0v) is 12.7. The monoisotopic (exact) mass is 283 g/mol. The molecule has 106 valence electrons. The van der Waals surface area contributed by atoms with Crippen LogP contribution >= 0.6 is 11.3 Å². The van der Waals surface area contributed by atoms with E-state index >= 15 is 0 Å². The Labute approximate surface area is 117 Å². The van der Waals surface area contributed by atoms with Crippen LogP contribution < -0.4 is 5.73 Å². The fraction of sp³-hybridized carbons (Fsp3) is 0.692. The third-order valence-electron chi connectivity index (χ3n) is 2.99. The lowest BCUT2D eigenvalue weighted by molar-refractivity contribution is -0.118. The molecule has 2 heterocycles. The summed E-state index contributed by atoms with van der Waals surface area (Å²) in [6.07, 6.45) is 0.0410. The number of nitrogens with two attached hydrogens (primary N) is 1. The Balaban J connectivity index is 2.14. The van der Waals surface area contributed by atoms with Gasteiger partial charge in [0.15, 0.2) is 0 Å². The molecule has 2 N–H and O–H groups in total. The molecule has 0 radical (unpaired) electrons. The van der Waals surface area contributed by atoms with Crippen LogP contribution in [0, 0.1) is 0 Å². The van der Waals surface area contributed by atoms with E-state index in [-0.39, 0.29) is 23.7 Å². The molecule has 1 saturated heterocycles. The molecule has 1 aliphatic heterocycles. The molecule has 0 aliphatic carbocycles. The van der Waals surface area contributed by atoms with Crippen LogP contribution in [-0.4, -0.2) is 40.6 Å². The molecule has 0 spiro atoms. The summed E-state index contributed by atoms with van der Waals surface area (Å²) in [6.45, 7) is 9.03. The Bertz CT molecular complexity index is 470. The molecule has 19 heavy (non-hydrogen) atoms. The highest BCUT2D eigenvalue weighted by molar-refractivity contribution is 7.09. The van der Waals surface area contributed by atoms with Crippen LogP contribution in [0.1, 0.15) is 49.2 Å². The highest BCUT2D eigenvalue weighted by Crippen LogP contribution is 2.23. The molecular weight excluding hydrogens is 262 g/mol. The second kappa shape index (κ2) is 5.19. The van der Waals surface area contributed by atoms with Gasteiger partial charge in [0.1, 0.15) is 10.7 Å². The topological polar surface area (TPSA) is 68.5 Å². The average Bonchev–Trinajstić information content (AvgIpc) is 2.74. The van der Waals surface area contributed by atoms with Crippen molar-refractivity contribution in [2.75, 3.05) is 13.1 Å². The summed E-state index contributed by atoms with van der Waals surface area (Å²) < 4.78 is 5.80. The van der Waals surface area contributed by atoms with Crippen LogP contribution in [0.15, 0.2) is 5.38 Å². The molecule has 1 amide bonds. The summed E-state index contributed by atoms with van der Waals surface area (Å²) in [5, 5.41) is 2.58. The Hall–Kier alpha value is -0.980. The van der Waals surface area contributed by atoms with Gasteiger partial charge >= 0.3 is 0 Å². The maximum absolute atomic E-state index is 12.4. The van der Waals surface area contributed by atoms with E-state index in [4.69, 9.17) is 10.5 Å². The van der Waals surface area contributed by atoms with Gasteiger partial charge in [-0.15, -0.1) is 11.3 Å². The van der Waals surface area contributed by atoms with Crippen LogP contribution in [0.25, 0.3) is 0 Å². The predicted molar refractivity (Wildman–Crippen MR) is 75.2 cm³/mol. The van der Waals surface area contributed by atoms with Crippen LogP contribution in [0.4, 0.5) is 0 Å². The van der Waals surface area contributed by atoms with Gasteiger partial charge in [-0.3, -0.25) is 4.79 Å². The van der Waals surface area contributed by atoms with Crippen molar-refractivity contribution in [2.24, 2.45) is 5.73 Å². The standard InChI is InChI=1S/C13H21N3O2S/c1-8-5-16(7-13(3,4)18-8)12(17)10-6-19-11(15-10)9(2)14/h6,8-9H,5,7,14H2,1-4H3. The van der Waals surface area contributed by atoms with Gasteiger partial charge in [-0.2, -0.15) is 0 Å². The lowest BCUT2D eigenvalue weighted by Gasteiger charge is -2.41. The second-order valence-electron chi connectivity index (χ2n) is 5.73. The minimum absolute atomic E-state index is 0.0358. The normalized spacial score (nSPS) is 24.3. The molecule has 1 fully saturated rings. The highest BCUT2D eigenvalue weighted by atomic mass is 32.1. The molecule has 1 aliphatic rings. The minimum Gasteiger partial charge on any atom is -0.369 e. The summed E-state index contributed by atoms with van der Waals surface area (Å²) in [4.78, 5) is 18.6. The van der Waals surface area contributed by atoms with Crippen LogP contribution in [0.5, 0.6) is 0 Å². The zero-order valence-electron chi connectivity index (χ0n) is 11.8. The van der Waals surface area contributed by atoms with E-state index in [1.807, 2.05) is 32.6 Å². The number of aromatic nitrogens is 1. The minimum atomic E-state index is -0.312. The second-order valence-corrected chi connectivity index (χ2v) is 6.62. The van der Waals surface area contributed by atoms with Crippen molar-refractivity contribution in [3.05, 3.63) is 16.1 Å². The zero-order chi connectivity index (χ0) is 14.2. The molecule has 0 aromatic carbocycles. The number of rotatable bonds is 2. The van der Waals surface area contributed by atoms with Crippen molar-refractivity contribution < 1.29 is 9.53 Å². The van der Waals surface area contributed by atoms with Crippen molar-refractivity contribution in [1.29, 1.82) is 0 Å². The maximum atomic E-state index is 12.4. The lowest BCUT2D eigenvalue weighted by atomic mass is 10.1. The maximum Gasteiger partial charge on any atom is 0.273 e. The summed E-state index contributed by atoms with van der Waals surface area (Å²) in [7, 11) is 0. The summed E-state index contributed by atoms with van der Waals surface area (Å²) >= 11 is 1.44. The third-order valence-corrected chi connectivity index (χ3v) is 4.03. The van der Waals surface area contributed by atoms with Crippen molar-refractivity contribution in [2.45, 2.75) is 45.4 Å². The van der Waals surface area contributed by atoms with Gasteiger partial charge in [-0.25, -0.2) is 4.98 Å². The first-order chi connectivity index (χ1) is 8.78. The van der Waals surface area contributed by atoms with Gasteiger partial charge in [0.2, 0.25) is 0 Å². The molecule has 2 rings (SSSR count). The molecular formula is C13H21N3O2S. The van der Waals surface area contributed by atoms with Crippen molar-refractivity contribution >= 4 is 17.2 Å². The van der Waals surface area contributed by atoms with E-state index < -0.39 is 0 Å². The summed E-state index contributed by atoms with van der Waals surface area (Å²) in [6, 6.07) is -0.133. The van der Waals surface area contributed by atoms with Gasteiger partial charge in [-0.05, 0) is 27.7 Å². The van der Waals surface area contributed by atoms with Gasteiger partial charge in [0.25, 0.3) is 5.91 Å². The van der Waals surface area contributed by atoms with E-state index in [2.05, 4.69) is 4.98 Å². The van der Waals surface area contributed by atoms with Crippen molar-refractivity contribution in [1.82, 2.24) is 9.88 Å². The smallest absolute Gasteiger partial charge is 0.273 e. The van der Waals surface area contributed by atoms with Crippen LogP contribution in [0.3, 0.4) is 0 Å². The lowest BCUT2D eigenvalue weighted by Crippen LogP contribution is -2.53. The fourth-order valence-electron chi connectivity index (χ4n) is 2.37. The average molecular weight is 283 g/mol. The third kappa shape index (κ3) is 3.32. The molecule has 0 saturated carbocycles. The van der Waals surface area contributed by atoms with E-state index in [0.29, 0.717) is 18.8 Å². The van der Waals surface area contributed by atoms with Gasteiger partial charge < -0.3 is 15.4 Å². The number of morpholine rings is 1. The molecule has 2 atom stereocenters. The number of thiazole rings is 1. The van der Waals surface area contributed by atoms with Crippen molar-refractivity contribution in [3.8, 4) is 0 Å².